The van der Waals surface area contributed by atoms with Crippen molar-refractivity contribution in [3.63, 3.8) is 0 Å². The van der Waals surface area contributed by atoms with Gasteiger partial charge in [-0.25, -0.2) is 0 Å². The first-order valence-electron chi connectivity index (χ1n) is 5.80. The number of carbonyl (C=O) groups excluding carboxylic acids is 1. The molecule has 4 heteroatoms. The van der Waals surface area contributed by atoms with E-state index in [1.165, 1.54) is 0 Å². The van der Waals surface area contributed by atoms with E-state index in [4.69, 9.17) is 5.73 Å². The van der Waals surface area contributed by atoms with Crippen LogP contribution in [-0.4, -0.2) is 17.4 Å². The monoisotopic (exact) mass is 251 g/mol. The maximum Gasteiger partial charge on any atom is 0.255 e. The molecule has 0 aliphatic rings. The number of rotatable bonds is 2. The van der Waals surface area contributed by atoms with Crippen molar-refractivity contribution in [1.29, 1.82) is 0 Å². The van der Waals surface area contributed by atoms with Gasteiger partial charge in [-0.1, -0.05) is 11.8 Å². The summed E-state index contributed by atoms with van der Waals surface area (Å²) in [7, 11) is 0. The number of nitrogens with one attached hydrogen (secondary N) is 1. The quantitative estimate of drug-likeness (QED) is 0.797. The molecule has 0 atom stereocenters. The predicted octanol–water partition coefficient (Wildman–Crippen LogP) is 1.64. The molecule has 1 aromatic heterocycles. The second-order valence-electron chi connectivity index (χ2n) is 3.78. The van der Waals surface area contributed by atoms with Crippen LogP contribution in [0.4, 0.5) is 5.69 Å². The van der Waals surface area contributed by atoms with Gasteiger partial charge in [0, 0.05) is 17.3 Å². The highest BCUT2D eigenvalue weighted by Crippen LogP contribution is 2.08. The Morgan fingerprint density at radius 3 is 2.68 bits per heavy atom. The fourth-order valence-corrected chi connectivity index (χ4v) is 1.50. The maximum atomic E-state index is 11.9. The first kappa shape index (κ1) is 12.8. The summed E-state index contributed by atoms with van der Waals surface area (Å²) in [6, 6.07) is 10.6. The van der Waals surface area contributed by atoms with E-state index in [-0.39, 0.29) is 5.91 Å². The Kier molecular flexibility index (Phi) is 4.27. The molecule has 94 valence electrons. The van der Waals surface area contributed by atoms with Gasteiger partial charge < -0.3 is 11.1 Å². The topological polar surface area (TPSA) is 68.0 Å². The van der Waals surface area contributed by atoms with E-state index in [9.17, 15) is 4.79 Å². The van der Waals surface area contributed by atoms with Gasteiger partial charge in [0.25, 0.3) is 5.91 Å². The molecule has 2 rings (SSSR count). The van der Waals surface area contributed by atoms with E-state index < -0.39 is 0 Å². The third kappa shape index (κ3) is 3.66. The lowest BCUT2D eigenvalue weighted by molar-refractivity contribution is 0.102. The molecule has 4 nitrogen and oxygen atoms in total. The Morgan fingerprint density at radius 1 is 1.26 bits per heavy atom. The highest BCUT2D eigenvalue weighted by atomic mass is 16.1. The summed E-state index contributed by atoms with van der Waals surface area (Å²) >= 11 is 0. The largest absolute Gasteiger partial charge is 0.321 e. The van der Waals surface area contributed by atoms with E-state index in [0.717, 1.165) is 5.56 Å². The summed E-state index contributed by atoms with van der Waals surface area (Å²) in [6.07, 6.45) is 3.25. The SMILES string of the molecule is NCC#Cc1ccc(C(=O)Nc2cccnc2)cc1. The van der Waals surface area contributed by atoms with Crippen molar-refractivity contribution >= 4 is 11.6 Å². The lowest BCUT2D eigenvalue weighted by atomic mass is 10.1. The molecule has 0 aliphatic heterocycles. The van der Waals surface area contributed by atoms with Gasteiger partial charge >= 0.3 is 0 Å². The zero-order valence-electron chi connectivity index (χ0n) is 10.3. The van der Waals surface area contributed by atoms with Crippen LogP contribution in [-0.2, 0) is 0 Å². The summed E-state index contributed by atoms with van der Waals surface area (Å²) < 4.78 is 0. The highest BCUT2D eigenvalue weighted by Gasteiger charge is 2.05. The zero-order chi connectivity index (χ0) is 13.5. The molecule has 2 aromatic rings. The van der Waals surface area contributed by atoms with E-state index in [1.807, 2.05) is 0 Å². The third-order valence-corrected chi connectivity index (χ3v) is 2.40. The van der Waals surface area contributed by atoms with Gasteiger partial charge in [0.2, 0.25) is 0 Å². The fourth-order valence-electron chi connectivity index (χ4n) is 1.50. The van der Waals surface area contributed by atoms with Gasteiger partial charge in [0.1, 0.15) is 0 Å². The van der Waals surface area contributed by atoms with E-state index in [1.54, 1.807) is 48.8 Å². The number of carbonyl (C=O) groups is 1. The Labute approximate surface area is 111 Å². The minimum absolute atomic E-state index is 0.175. The molecule has 0 aliphatic carbocycles. The molecular formula is C15H13N3O. The van der Waals surface area contributed by atoms with E-state index >= 15 is 0 Å². The van der Waals surface area contributed by atoms with Gasteiger partial charge in [0.05, 0.1) is 18.4 Å². The number of aromatic nitrogens is 1. The first-order chi connectivity index (χ1) is 9.29. The number of nitrogens with two attached hydrogens (primary N) is 1. The van der Waals surface area contributed by atoms with Gasteiger partial charge in [0.15, 0.2) is 0 Å². The van der Waals surface area contributed by atoms with Gasteiger partial charge in [-0.2, -0.15) is 0 Å². The molecule has 0 radical (unpaired) electrons. The zero-order valence-corrected chi connectivity index (χ0v) is 10.3. The number of amides is 1. The Hall–Kier alpha value is -2.64. The van der Waals surface area contributed by atoms with Gasteiger partial charge in [-0.15, -0.1) is 0 Å². The van der Waals surface area contributed by atoms with Crippen LogP contribution in [0, 0.1) is 11.8 Å². The molecule has 0 bridgehead atoms. The summed E-state index contributed by atoms with van der Waals surface area (Å²) in [5.74, 6) is 5.49. The fraction of sp³-hybridized carbons (Fsp3) is 0.0667. The highest BCUT2D eigenvalue weighted by molar-refractivity contribution is 6.04. The van der Waals surface area contributed by atoms with Crippen LogP contribution in [0.5, 0.6) is 0 Å². The van der Waals surface area contributed by atoms with Crippen LogP contribution in [0.3, 0.4) is 0 Å². The summed E-state index contributed by atoms with van der Waals surface area (Å²) in [5.41, 5.74) is 7.37. The number of anilines is 1. The number of hydrogen-bond donors (Lipinski definition) is 2. The molecule has 19 heavy (non-hydrogen) atoms. The van der Waals surface area contributed by atoms with Crippen molar-refractivity contribution < 1.29 is 4.79 Å². The normalized spacial score (nSPS) is 9.32. The molecule has 0 spiro atoms. The minimum Gasteiger partial charge on any atom is -0.321 e. The van der Waals surface area contributed by atoms with Crippen molar-refractivity contribution in [1.82, 2.24) is 4.98 Å². The van der Waals surface area contributed by atoms with Crippen molar-refractivity contribution in [3.05, 3.63) is 59.9 Å². The minimum atomic E-state index is -0.175. The van der Waals surface area contributed by atoms with Crippen LogP contribution in [0.15, 0.2) is 48.8 Å². The van der Waals surface area contributed by atoms with Gasteiger partial charge in [-0.3, -0.25) is 9.78 Å². The average Bonchev–Trinajstić information content (AvgIpc) is 2.46. The van der Waals surface area contributed by atoms with E-state index in [0.29, 0.717) is 17.8 Å². The molecule has 1 heterocycles. The number of hydrogen-bond acceptors (Lipinski definition) is 3. The standard InChI is InChI=1S/C15H13N3O/c16-9-1-3-12-5-7-13(8-6-12)15(19)18-14-4-2-10-17-11-14/h2,4-8,10-11H,9,16H2,(H,18,19). The molecule has 0 fully saturated rings. The molecule has 0 saturated heterocycles. The van der Waals surface area contributed by atoms with Crippen LogP contribution in [0.1, 0.15) is 15.9 Å². The Balaban J connectivity index is 2.08. The first-order valence-corrected chi connectivity index (χ1v) is 5.80. The molecule has 3 N–H and O–H groups in total. The third-order valence-electron chi connectivity index (χ3n) is 2.40. The number of pyridine rings is 1. The maximum absolute atomic E-state index is 11.9. The summed E-state index contributed by atoms with van der Waals surface area (Å²) in [6.45, 7) is 0.323. The van der Waals surface area contributed by atoms with Crippen molar-refractivity contribution in [2.45, 2.75) is 0 Å². The van der Waals surface area contributed by atoms with Crippen LogP contribution < -0.4 is 11.1 Å². The van der Waals surface area contributed by atoms with Crippen LogP contribution >= 0.6 is 0 Å². The second-order valence-corrected chi connectivity index (χ2v) is 3.78. The van der Waals surface area contributed by atoms with Crippen LogP contribution in [0.25, 0.3) is 0 Å². The lowest BCUT2D eigenvalue weighted by Crippen LogP contribution is -2.11. The predicted molar refractivity (Wildman–Crippen MR) is 74.6 cm³/mol. The lowest BCUT2D eigenvalue weighted by Gasteiger charge is -2.04. The Bertz CT molecular complexity index is 609. The van der Waals surface area contributed by atoms with Crippen molar-refractivity contribution in [2.24, 2.45) is 5.73 Å². The van der Waals surface area contributed by atoms with Crippen molar-refractivity contribution in [3.8, 4) is 11.8 Å². The summed E-state index contributed by atoms with van der Waals surface area (Å²) in [5, 5.41) is 2.76. The average molecular weight is 251 g/mol. The number of benzene rings is 1. The summed E-state index contributed by atoms with van der Waals surface area (Å²) in [4.78, 5) is 15.9. The van der Waals surface area contributed by atoms with E-state index in [2.05, 4.69) is 22.1 Å². The van der Waals surface area contributed by atoms with Crippen LogP contribution in [0.2, 0.25) is 0 Å². The smallest absolute Gasteiger partial charge is 0.255 e. The second kappa shape index (κ2) is 6.34. The van der Waals surface area contributed by atoms with Gasteiger partial charge in [-0.05, 0) is 36.4 Å². The molecule has 0 saturated carbocycles. The molecule has 0 unspecified atom stereocenters. The van der Waals surface area contributed by atoms with Crippen molar-refractivity contribution in [2.75, 3.05) is 11.9 Å². The molecule has 1 amide bonds. The number of nitrogens with zero attached hydrogens (tertiary/aromatic N) is 1. The Morgan fingerprint density at radius 2 is 2.05 bits per heavy atom. The molecular weight excluding hydrogens is 238 g/mol. The molecule has 1 aromatic carbocycles.